The fraction of sp³-hybridized carbons (Fsp3) is 0.353. The van der Waals surface area contributed by atoms with Gasteiger partial charge in [0.2, 0.25) is 0 Å². The third-order valence-electron chi connectivity index (χ3n) is 3.31. The van der Waals surface area contributed by atoms with E-state index in [-0.39, 0.29) is 5.91 Å². The lowest BCUT2D eigenvalue weighted by Gasteiger charge is -2.08. The fourth-order valence-corrected chi connectivity index (χ4v) is 2.05. The van der Waals surface area contributed by atoms with Gasteiger partial charge in [-0.1, -0.05) is 19.8 Å². The molecular formula is C17H22N4O. The number of amides is 1. The van der Waals surface area contributed by atoms with Crippen LogP contribution >= 0.6 is 0 Å². The molecule has 2 heterocycles. The summed E-state index contributed by atoms with van der Waals surface area (Å²) in [4.78, 5) is 20.2. The Kier molecular flexibility index (Phi) is 6.36. The van der Waals surface area contributed by atoms with E-state index >= 15 is 0 Å². The minimum absolute atomic E-state index is 0.124. The molecule has 0 aromatic carbocycles. The van der Waals surface area contributed by atoms with E-state index < -0.39 is 0 Å². The van der Waals surface area contributed by atoms with Crippen LogP contribution in [0.1, 0.15) is 42.1 Å². The smallest absolute Gasteiger partial charge is 0.253 e. The molecule has 0 unspecified atom stereocenters. The zero-order chi connectivity index (χ0) is 15.6. The maximum absolute atomic E-state index is 12.2. The maximum Gasteiger partial charge on any atom is 0.253 e. The number of hydrogen-bond donors (Lipinski definition) is 2. The number of carbonyl (C=O) groups is 1. The highest BCUT2D eigenvalue weighted by Crippen LogP contribution is 2.09. The lowest BCUT2D eigenvalue weighted by molar-refractivity contribution is 0.0950. The van der Waals surface area contributed by atoms with Gasteiger partial charge in [-0.3, -0.25) is 14.8 Å². The summed E-state index contributed by atoms with van der Waals surface area (Å²) < 4.78 is 0. The molecule has 0 saturated heterocycles. The van der Waals surface area contributed by atoms with Crippen molar-refractivity contribution in [2.75, 3.05) is 11.9 Å². The van der Waals surface area contributed by atoms with Crippen molar-refractivity contribution in [1.82, 2.24) is 15.3 Å². The van der Waals surface area contributed by atoms with Crippen LogP contribution in [0.2, 0.25) is 0 Å². The van der Waals surface area contributed by atoms with Crippen LogP contribution in [0.3, 0.4) is 0 Å². The molecule has 2 aromatic rings. The molecule has 0 aliphatic rings. The number of anilines is 1. The topological polar surface area (TPSA) is 66.9 Å². The van der Waals surface area contributed by atoms with Crippen molar-refractivity contribution in [1.29, 1.82) is 0 Å². The first-order chi connectivity index (χ1) is 10.8. The predicted molar refractivity (Wildman–Crippen MR) is 87.7 cm³/mol. The maximum atomic E-state index is 12.2. The minimum atomic E-state index is -0.124. The average Bonchev–Trinajstić information content (AvgIpc) is 2.58. The third-order valence-corrected chi connectivity index (χ3v) is 3.31. The van der Waals surface area contributed by atoms with E-state index in [0.29, 0.717) is 12.1 Å². The molecule has 2 aromatic heterocycles. The van der Waals surface area contributed by atoms with Crippen LogP contribution in [0.4, 0.5) is 5.69 Å². The summed E-state index contributed by atoms with van der Waals surface area (Å²) in [7, 11) is 0. The Balaban J connectivity index is 1.86. The van der Waals surface area contributed by atoms with Gasteiger partial charge in [0.1, 0.15) is 0 Å². The molecule has 0 radical (unpaired) electrons. The number of carbonyl (C=O) groups excluding carboxylic acids is 1. The second kappa shape index (κ2) is 8.77. The van der Waals surface area contributed by atoms with Crippen LogP contribution in [0.5, 0.6) is 0 Å². The van der Waals surface area contributed by atoms with Crippen molar-refractivity contribution in [3.63, 3.8) is 0 Å². The largest absolute Gasteiger partial charge is 0.384 e. The van der Waals surface area contributed by atoms with Gasteiger partial charge in [-0.25, -0.2) is 0 Å². The molecule has 0 spiro atoms. The highest BCUT2D eigenvalue weighted by molar-refractivity contribution is 5.94. The molecule has 1 amide bonds. The van der Waals surface area contributed by atoms with Crippen LogP contribution in [0, 0.1) is 0 Å². The number of rotatable bonds is 8. The first kappa shape index (κ1) is 15.9. The van der Waals surface area contributed by atoms with Gasteiger partial charge < -0.3 is 10.6 Å². The Labute approximate surface area is 131 Å². The summed E-state index contributed by atoms with van der Waals surface area (Å²) in [5.41, 5.74) is 2.47. The molecule has 0 fully saturated rings. The molecule has 22 heavy (non-hydrogen) atoms. The van der Waals surface area contributed by atoms with Gasteiger partial charge in [0, 0.05) is 37.9 Å². The Morgan fingerprint density at radius 3 is 2.73 bits per heavy atom. The van der Waals surface area contributed by atoms with Crippen molar-refractivity contribution < 1.29 is 4.79 Å². The van der Waals surface area contributed by atoms with Crippen LogP contribution in [0.15, 0.2) is 43.0 Å². The highest BCUT2D eigenvalue weighted by Gasteiger charge is 2.06. The second-order valence-corrected chi connectivity index (χ2v) is 5.13. The molecule has 0 atom stereocenters. The fourth-order valence-electron chi connectivity index (χ4n) is 2.05. The molecule has 0 aliphatic carbocycles. The van der Waals surface area contributed by atoms with Crippen LogP contribution in [-0.2, 0) is 6.54 Å². The van der Waals surface area contributed by atoms with Crippen LogP contribution in [0.25, 0.3) is 0 Å². The molecule has 2 N–H and O–H groups in total. The summed E-state index contributed by atoms with van der Waals surface area (Å²) >= 11 is 0. The lowest BCUT2D eigenvalue weighted by atomic mass is 10.2. The number of hydrogen-bond acceptors (Lipinski definition) is 4. The lowest BCUT2D eigenvalue weighted by Crippen LogP contribution is -2.23. The predicted octanol–water partition coefficient (Wildman–Crippen LogP) is 3.01. The van der Waals surface area contributed by atoms with Crippen molar-refractivity contribution in [2.45, 2.75) is 32.7 Å². The molecule has 0 aliphatic heterocycles. The molecule has 0 saturated carbocycles. The molecule has 2 rings (SSSR count). The summed E-state index contributed by atoms with van der Waals surface area (Å²) in [6, 6.07) is 5.59. The molecule has 5 heteroatoms. The zero-order valence-corrected chi connectivity index (χ0v) is 12.9. The first-order valence-electron chi connectivity index (χ1n) is 7.65. The van der Waals surface area contributed by atoms with E-state index in [4.69, 9.17) is 0 Å². The second-order valence-electron chi connectivity index (χ2n) is 5.13. The monoisotopic (exact) mass is 298 g/mol. The normalized spacial score (nSPS) is 10.2. The third kappa shape index (κ3) is 5.16. The summed E-state index contributed by atoms with van der Waals surface area (Å²) in [6.45, 7) is 3.56. The summed E-state index contributed by atoms with van der Waals surface area (Å²) in [5, 5.41) is 6.18. The average molecular weight is 298 g/mol. The van der Waals surface area contributed by atoms with Gasteiger partial charge in [0.25, 0.3) is 5.91 Å². The summed E-state index contributed by atoms with van der Waals surface area (Å²) in [5.74, 6) is -0.124. The minimum Gasteiger partial charge on any atom is -0.384 e. The standard InChI is InChI=1S/C17H22N4O/c1-2-3-4-7-20-16-10-15(12-19-13-16)17(22)21-11-14-5-8-18-9-6-14/h5-6,8-10,12-13,20H,2-4,7,11H2,1H3,(H,21,22). The van der Waals surface area contributed by atoms with Crippen molar-refractivity contribution in [3.8, 4) is 0 Å². The molecule has 116 valence electrons. The van der Waals surface area contributed by atoms with Crippen LogP contribution in [-0.4, -0.2) is 22.4 Å². The van der Waals surface area contributed by atoms with Crippen LogP contribution < -0.4 is 10.6 Å². The van der Waals surface area contributed by atoms with E-state index in [1.807, 2.05) is 18.2 Å². The van der Waals surface area contributed by atoms with Crippen molar-refractivity contribution >= 4 is 11.6 Å². The van der Waals surface area contributed by atoms with E-state index in [1.165, 1.54) is 12.8 Å². The van der Waals surface area contributed by atoms with Crippen molar-refractivity contribution in [2.24, 2.45) is 0 Å². The van der Waals surface area contributed by atoms with Crippen molar-refractivity contribution in [3.05, 3.63) is 54.1 Å². The quantitative estimate of drug-likeness (QED) is 0.735. The van der Waals surface area contributed by atoms with Gasteiger partial charge in [-0.05, 0) is 30.2 Å². The zero-order valence-electron chi connectivity index (χ0n) is 12.9. The number of unbranched alkanes of at least 4 members (excludes halogenated alkanes) is 2. The number of aromatic nitrogens is 2. The molecule has 5 nitrogen and oxygen atoms in total. The Bertz CT molecular complexity index is 586. The highest BCUT2D eigenvalue weighted by atomic mass is 16.1. The van der Waals surface area contributed by atoms with E-state index in [0.717, 1.165) is 24.2 Å². The van der Waals surface area contributed by atoms with Gasteiger partial charge in [0.15, 0.2) is 0 Å². The van der Waals surface area contributed by atoms with E-state index in [2.05, 4.69) is 27.5 Å². The Morgan fingerprint density at radius 2 is 1.95 bits per heavy atom. The van der Waals surface area contributed by atoms with Gasteiger partial charge in [-0.2, -0.15) is 0 Å². The Hall–Kier alpha value is -2.43. The first-order valence-corrected chi connectivity index (χ1v) is 7.65. The molecule has 0 bridgehead atoms. The number of nitrogens with zero attached hydrogens (tertiary/aromatic N) is 2. The van der Waals surface area contributed by atoms with Gasteiger partial charge >= 0.3 is 0 Å². The Morgan fingerprint density at radius 1 is 1.14 bits per heavy atom. The SMILES string of the molecule is CCCCCNc1cncc(C(=O)NCc2ccncc2)c1. The summed E-state index contributed by atoms with van der Waals surface area (Å²) in [6.07, 6.45) is 10.3. The number of pyridine rings is 2. The molecular weight excluding hydrogens is 276 g/mol. The van der Waals surface area contributed by atoms with E-state index in [1.54, 1.807) is 24.8 Å². The van der Waals surface area contributed by atoms with Gasteiger partial charge in [-0.15, -0.1) is 0 Å². The van der Waals surface area contributed by atoms with Gasteiger partial charge in [0.05, 0.1) is 11.3 Å². The number of nitrogens with one attached hydrogen (secondary N) is 2. The van der Waals surface area contributed by atoms with E-state index in [9.17, 15) is 4.79 Å².